The van der Waals surface area contributed by atoms with E-state index < -0.39 is 0 Å². The average molecular weight is 472 g/mol. The zero-order valence-electron chi connectivity index (χ0n) is 21.6. The highest BCUT2D eigenvalue weighted by atomic mass is 16.7. The molecule has 3 aliphatic carbocycles. The van der Waals surface area contributed by atoms with Crippen LogP contribution in [0.15, 0.2) is 6.20 Å². The molecule has 34 heavy (non-hydrogen) atoms. The molecule has 6 rings (SSSR count). The number of hydrogen-bond acceptors (Lipinski definition) is 5. The van der Waals surface area contributed by atoms with Crippen LogP contribution in [0.1, 0.15) is 71.1 Å². The molecule has 1 spiro atoms. The van der Waals surface area contributed by atoms with E-state index in [1.807, 2.05) is 6.20 Å². The van der Waals surface area contributed by atoms with Crippen LogP contribution in [0.4, 0.5) is 0 Å². The fraction of sp³-hybridized carbons (Fsp3) is 0.893. The third-order valence-corrected chi connectivity index (χ3v) is 11.8. The van der Waals surface area contributed by atoms with Gasteiger partial charge in [-0.1, -0.05) is 27.7 Å². The number of nitrogens with zero attached hydrogens (tertiary/aromatic N) is 1. The van der Waals surface area contributed by atoms with Gasteiger partial charge in [0.25, 0.3) is 0 Å². The topological polar surface area (TPSA) is 93.4 Å². The van der Waals surface area contributed by atoms with E-state index in [0.717, 1.165) is 38.8 Å². The van der Waals surface area contributed by atoms with E-state index in [9.17, 15) is 5.11 Å². The lowest BCUT2D eigenvalue weighted by molar-refractivity contribution is -0.272. The second-order valence-corrected chi connectivity index (χ2v) is 13.3. The fourth-order valence-corrected chi connectivity index (χ4v) is 9.86. The van der Waals surface area contributed by atoms with Gasteiger partial charge in [0.2, 0.25) is 0 Å². The van der Waals surface area contributed by atoms with Gasteiger partial charge in [0, 0.05) is 24.6 Å². The van der Waals surface area contributed by atoms with Crippen molar-refractivity contribution in [3.8, 4) is 0 Å². The quantitative estimate of drug-likeness (QED) is 0.621. The molecular formula is C28H45N3O3. The van der Waals surface area contributed by atoms with Crippen LogP contribution < -0.4 is 5.73 Å². The van der Waals surface area contributed by atoms with Gasteiger partial charge < -0.3 is 20.3 Å². The molecule has 2 saturated carbocycles. The molecular weight excluding hydrogens is 426 g/mol. The molecule has 6 nitrogen and oxygen atoms in total. The van der Waals surface area contributed by atoms with Gasteiger partial charge >= 0.3 is 0 Å². The maximum atomic E-state index is 10.4. The van der Waals surface area contributed by atoms with Gasteiger partial charge in [-0.15, -0.1) is 0 Å². The van der Waals surface area contributed by atoms with E-state index in [1.165, 1.54) is 30.5 Å². The van der Waals surface area contributed by atoms with Gasteiger partial charge in [-0.05, 0) is 97.0 Å². The standard InChI is InChI=1S/C28H45N3O3/c1-16-5-8-28(33-15-16)17(2)25-24(34-28)10-22-20(12-29)21(6-7-26(22,25)3)27(4)11-18-13-30-31-23(18)9-19(27)14-32/h13,16-17,19-22,24-25,32H,5-12,14-15,29H2,1-4H3,(H,30,31)/t16-,17+,19-,20-,21+,22+,24+,25+,26+,27+,28-/m1/s1. The number of rotatable bonds is 3. The number of H-pyrrole nitrogens is 1. The predicted octanol–water partition coefficient (Wildman–Crippen LogP) is 3.93. The number of hydrogen-bond donors (Lipinski definition) is 3. The summed E-state index contributed by atoms with van der Waals surface area (Å²) >= 11 is 0. The summed E-state index contributed by atoms with van der Waals surface area (Å²) in [6.07, 6.45) is 9.95. The normalized spacial score (nSPS) is 52.4. The first-order valence-electron chi connectivity index (χ1n) is 13.9. The van der Waals surface area contributed by atoms with Crippen LogP contribution in [0.5, 0.6) is 0 Å². The summed E-state index contributed by atoms with van der Waals surface area (Å²) in [5.41, 5.74) is 9.47. The van der Waals surface area contributed by atoms with E-state index in [-0.39, 0.29) is 29.1 Å². The summed E-state index contributed by atoms with van der Waals surface area (Å²) in [4.78, 5) is 0. The monoisotopic (exact) mass is 471 g/mol. The molecule has 2 aliphatic heterocycles. The summed E-state index contributed by atoms with van der Waals surface area (Å²) < 4.78 is 13.4. The molecule has 0 bridgehead atoms. The molecule has 3 heterocycles. The Bertz CT molecular complexity index is 910. The first kappa shape index (κ1) is 23.4. The Labute approximate surface area is 204 Å². The van der Waals surface area contributed by atoms with Crippen molar-refractivity contribution in [2.75, 3.05) is 19.8 Å². The van der Waals surface area contributed by atoms with Gasteiger partial charge in [-0.3, -0.25) is 5.10 Å². The highest BCUT2D eigenvalue weighted by Gasteiger charge is 2.68. The molecule has 0 radical (unpaired) electrons. The lowest BCUT2D eigenvalue weighted by atomic mass is 9.48. The minimum atomic E-state index is -0.361. The Kier molecular flexibility index (Phi) is 5.53. The SMILES string of the molecule is C[C@@H]1CC[C@@]2(OC1)O[C@H]1C[C@H]3[C@H](CN)[C@@H]([C@@]4(C)Cc5cn[nH]c5C[C@@H]4CO)CC[C@]3(C)[C@H]1[C@@H]2C. The van der Waals surface area contributed by atoms with Gasteiger partial charge in [0.05, 0.1) is 18.9 Å². The molecule has 190 valence electrons. The highest BCUT2D eigenvalue weighted by molar-refractivity contribution is 5.25. The molecule has 5 aliphatic rings. The molecule has 0 aromatic carbocycles. The third kappa shape index (κ3) is 3.10. The molecule has 6 heteroatoms. The summed E-state index contributed by atoms with van der Waals surface area (Å²) in [5.74, 6) is 3.07. The van der Waals surface area contributed by atoms with Crippen molar-refractivity contribution in [2.45, 2.75) is 84.5 Å². The number of aromatic nitrogens is 2. The van der Waals surface area contributed by atoms with Crippen LogP contribution >= 0.6 is 0 Å². The zero-order chi connectivity index (χ0) is 23.9. The summed E-state index contributed by atoms with van der Waals surface area (Å²) in [6.45, 7) is 11.5. The fourth-order valence-electron chi connectivity index (χ4n) is 9.86. The van der Waals surface area contributed by atoms with Crippen molar-refractivity contribution in [3.63, 3.8) is 0 Å². The number of nitrogens with two attached hydrogens (primary N) is 1. The van der Waals surface area contributed by atoms with Gasteiger partial charge in [0.15, 0.2) is 5.79 Å². The maximum absolute atomic E-state index is 10.4. The number of aromatic amines is 1. The van der Waals surface area contributed by atoms with Crippen LogP contribution in [0.3, 0.4) is 0 Å². The van der Waals surface area contributed by atoms with Crippen molar-refractivity contribution < 1.29 is 14.6 Å². The van der Waals surface area contributed by atoms with Crippen LogP contribution in [-0.4, -0.2) is 47.0 Å². The summed E-state index contributed by atoms with van der Waals surface area (Å²) in [7, 11) is 0. The number of aliphatic hydroxyl groups is 1. The summed E-state index contributed by atoms with van der Waals surface area (Å²) in [5, 5.41) is 17.9. The molecule has 0 unspecified atom stereocenters. The van der Waals surface area contributed by atoms with E-state index >= 15 is 0 Å². The lowest BCUT2D eigenvalue weighted by Crippen LogP contribution is -2.55. The number of ether oxygens (including phenoxy) is 2. The molecule has 2 saturated heterocycles. The van der Waals surface area contributed by atoms with Crippen LogP contribution in [-0.2, 0) is 22.3 Å². The smallest absolute Gasteiger partial charge is 0.171 e. The van der Waals surface area contributed by atoms with E-state index in [1.54, 1.807) is 0 Å². The van der Waals surface area contributed by atoms with Gasteiger partial charge in [0.1, 0.15) is 0 Å². The average Bonchev–Trinajstić information content (AvgIpc) is 3.46. The van der Waals surface area contributed by atoms with Crippen molar-refractivity contribution in [2.24, 2.45) is 58.0 Å². The van der Waals surface area contributed by atoms with Crippen LogP contribution in [0, 0.1) is 52.3 Å². The zero-order valence-corrected chi connectivity index (χ0v) is 21.6. The first-order valence-corrected chi connectivity index (χ1v) is 13.9. The predicted molar refractivity (Wildman–Crippen MR) is 131 cm³/mol. The molecule has 4 fully saturated rings. The van der Waals surface area contributed by atoms with Crippen LogP contribution in [0.2, 0.25) is 0 Å². The van der Waals surface area contributed by atoms with Crippen molar-refractivity contribution in [1.29, 1.82) is 0 Å². The number of nitrogens with one attached hydrogen (secondary N) is 1. The molecule has 0 amide bonds. The maximum Gasteiger partial charge on any atom is 0.171 e. The van der Waals surface area contributed by atoms with Crippen molar-refractivity contribution in [3.05, 3.63) is 17.5 Å². The summed E-state index contributed by atoms with van der Waals surface area (Å²) in [6, 6.07) is 0. The van der Waals surface area contributed by atoms with E-state index in [4.69, 9.17) is 15.2 Å². The lowest BCUT2D eigenvalue weighted by Gasteiger charge is -2.57. The Balaban J connectivity index is 1.28. The van der Waals surface area contributed by atoms with Gasteiger partial charge in [-0.2, -0.15) is 5.10 Å². The minimum Gasteiger partial charge on any atom is -0.396 e. The number of fused-ring (bicyclic) bond motifs is 4. The third-order valence-electron chi connectivity index (χ3n) is 11.8. The first-order chi connectivity index (χ1) is 16.3. The highest BCUT2D eigenvalue weighted by Crippen LogP contribution is 2.68. The largest absolute Gasteiger partial charge is 0.396 e. The Morgan fingerprint density at radius 1 is 1.18 bits per heavy atom. The van der Waals surface area contributed by atoms with Gasteiger partial charge in [-0.25, -0.2) is 0 Å². The minimum absolute atomic E-state index is 0.0466. The Morgan fingerprint density at radius 2 is 2.00 bits per heavy atom. The second kappa shape index (κ2) is 8.03. The van der Waals surface area contributed by atoms with Crippen LogP contribution in [0.25, 0.3) is 0 Å². The van der Waals surface area contributed by atoms with E-state index in [2.05, 4.69) is 37.9 Å². The molecule has 1 aromatic heterocycles. The molecule has 4 N–H and O–H groups in total. The van der Waals surface area contributed by atoms with Crippen molar-refractivity contribution in [1.82, 2.24) is 10.2 Å². The Hall–Kier alpha value is -0.950. The molecule has 1 aromatic rings. The Morgan fingerprint density at radius 3 is 2.71 bits per heavy atom. The van der Waals surface area contributed by atoms with Crippen molar-refractivity contribution >= 4 is 0 Å². The molecule has 11 atom stereocenters. The van der Waals surface area contributed by atoms with E-state index in [0.29, 0.717) is 41.6 Å². The second-order valence-electron chi connectivity index (χ2n) is 13.3. The number of aliphatic hydroxyl groups excluding tert-OH is 1.